The molecular weight excluding hydrogens is 446 g/mol. The zero-order valence-corrected chi connectivity index (χ0v) is 20.0. The van der Waals surface area contributed by atoms with Crippen molar-refractivity contribution in [1.82, 2.24) is 4.31 Å². The van der Waals surface area contributed by atoms with Crippen molar-refractivity contribution >= 4 is 33.2 Å². The van der Waals surface area contributed by atoms with Gasteiger partial charge < -0.3 is 19.7 Å². The quantitative estimate of drug-likeness (QED) is 0.598. The van der Waals surface area contributed by atoms with Gasteiger partial charge in [0.1, 0.15) is 11.5 Å². The number of hydrogen-bond donors (Lipinski definition) is 1. The largest absolute Gasteiger partial charge is 0.497 e. The molecule has 10 heteroatoms. The van der Waals surface area contributed by atoms with Crippen molar-refractivity contribution < 1.29 is 27.5 Å². The molecule has 178 valence electrons. The van der Waals surface area contributed by atoms with E-state index < -0.39 is 15.9 Å². The van der Waals surface area contributed by atoms with Crippen LogP contribution in [0.25, 0.3) is 0 Å². The normalized spacial score (nSPS) is 16.2. The Morgan fingerprint density at radius 1 is 1.09 bits per heavy atom. The van der Waals surface area contributed by atoms with E-state index in [9.17, 15) is 18.0 Å². The van der Waals surface area contributed by atoms with Crippen LogP contribution in [0.15, 0.2) is 47.4 Å². The lowest BCUT2D eigenvalue weighted by Crippen LogP contribution is -2.30. The van der Waals surface area contributed by atoms with Crippen LogP contribution in [0, 0.1) is 5.92 Å². The molecule has 1 N–H and O–H groups in total. The third kappa shape index (κ3) is 5.12. The zero-order valence-electron chi connectivity index (χ0n) is 19.2. The highest BCUT2D eigenvalue weighted by molar-refractivity contribution is 7.89. The van der Waals surface area contributed by atoms with Gasteiger partial charge in [0.25, 0.3) is 0 Å². The summed E-state index contributed by atoms with van der Waals surface area (Å²) in [4.78, 5) is 27.2. The second-order valence-corrected chi connectivity index (χ2v) is 9.48. The Morgan fingerprint density at radius 3 is 2.33 bits per heavy atom. The van der Waals surface area contributed by atoms with Gasteiger partial charge in [-0.25, -0.2) is 8.42 Å². The van der Waals surface area contributed by atoms with Crippen LogP contribution in [0.5, 0.6) is 11.5 Å². The summed E-state index contributed by atoms with van der Waals surface area (Å²) < 4.78 is 37.2. The van der Waals surface area contributed by atoms with E-state index in [-0.39, 0.29) is 29.7 Å². The molecule has 0 aliphatic carbocycles. The second kappa shape index (κ2) is 10.2. The highest BCUT2D eigenvalue weighted by atomic mass is 32.2. The van der Waals surface area contributed by atoms with Crippen molar-refractivity contribution in [2.45, 2.75) is 25.2 Å². The van der Waals surface area contributed by atoms with Crippen LogP contribution in [-0.2, 0) is 19.6 Å². The van der Waals surface area contributed by atoms with E-state index in [4.69, 9.17) is 9.47 Å². The molecule has 1 atom stereocenters. The Kier molecular flexibility index (Phi) is 7.60. The van der Waals surface area contributed by atoms with Crippen molar-refractivity contribution in [3.63, 3.8) is 0 Å². The fourth-order valence-electron chi connectivity index (χ4n) is 3.79. The van der Waals surface area contributed by atoms with Crippen molar-refractivity contribution in [3.05, 3.63) is 42.5 Å². The minimum atomic E-state index is -3.57. The van der Waals surface area contributed by atoms with Crippen LogP contribution in [-0.4, -0.2) is 58.4 Å². The van der Waals surface area contributed by atoms with Crippen LogP contribution in [0.3, 0.4) is 0 Å². The van der Waals surface area contributed by atoms with E-state index in [1.165, 1.54) is 35.6 Å². The molecule has 0 radical (unpaired) electrons. The Bertz CT molecular complexity index is 1110. The summed E-state index contributed by atoms with van der Waals surface area (Å²) in [6.07, 6.45) is 0.0562. The molecule has 3 rings (SSSR count). The average Bonchev–Trinajstić information content (AvgIpc) is 3.21. The van der Waals surface area contributed by atoms with Gasteiger partial charge in [-0.15, -0.1) is 0 Å². The van der Waals surface area contributed by atoms with E-state index >= 15 is 0 Å². The van der Waals surface area contributed by atoms with Crippen molar-refractivity contribution in [1.29, 1.82) is 0 Å². The third-order valence-electron chi connectivity index (χ3n) is 5.64. The maximum atomic E-state index is 12.8. The molecule has 9 nitrogen and oxygen atoms in total. The molecule has 0 bridgehead atoms. The number of anilines is 2. The number of methoxy groups -OCH3 is 2. The van der Waals surface area contributed by atoms with Gasteiger partial charge in [-0.2, -0.15) is 4.31 Å². The van der Waals surface area contributed by atoms with E-state index in [0.29, 0.717) is 36.0 Å². The fourth-order valence-corrected chi connectivity index (χ4v) is 5.25. The monoisotopic (exact) mass is 475 g/mol. The third-order valence-corrected chi connectivity index (χ3v) is 7.70. The summed E-state index contributed by atoms with van der Waals surface area (Å²) in [5.74, 6) is 0.0170. The Balaban J connectivity index is 1.72. The van der Waals surface area contributed by atoms with Gasteiger partial charge in [0, 0.05) is 37.8 Å². The van der Waals surface area contributed by atoms with Gasteiger partial charge in [0.05, 0.1) is 30.7 Å². The Hall–Kier alpha value is -3.11. The Labute approximate surface area is 194 Å². The van der Waals surface area contributed by atoms with Crippen LogP contribution >= 0.6 is 0 Å². The van der Waals surface area contributed by atoms with E-state index in [0.717, 1.165) is 0 Å². The number of nitrogens with one attached hydrogen (secondary N) is 1. The van der Waals surface area contributed by atoms with Gasteiger partial charge in [0.2, 0.25) is 21.8 Å². The average molecular weight is 476 g/mol. The Morgan fingerprint density at radius 2 is 1.76 bits per heavy atom. The molecule has 0 unspecified atom stereocenters. The van der Waals surface area contributed by atoms with Crippen molar-refractivity contribution in [3.8, 4) is 11.5 Å². The first-order valence-electron chi connectivity index (χ1n) is 10.7. The molecule has 2 aromatic rings. The molecule has 1 fully saturated rings. The SMILES string of the molecule is CCN(CC)S(=O)(=O)c1ccc(NC(=O)[C@@H]2CC(=O)N(c3cc(OC)ccc3OC)C2)cc1. The minimum Gasteiger partial charge on any atom is -0.497 e. The van der Waals surface area contributed by atoms with Gasteiger partial charge in [-0.1, -0.05) is 13.8 Å². The molecule has 1 saturated heterocycles. The number of amides is 2. The molecule has 2 aromatic carbocycles. The fraction of sp³-hybridized carbons (Fsp3) is 0.391. The molecule has 0 saturated carbocycles. The van der Waals surface area contributed by atoms with Crippen molar-refractivity contribution in [2.24, 2.45) is 5.92 Å². The van der Waals surface area contributed by atoms with Gasteiger partial charge in [0.15, 0.2) is 0 Å². The number of ether oxygens (including phenoxy) is 2. The van der Waals surface area contributed by atoms with Crippen LogP contribution in [0.2, 0.25) is 0 Å². The number of carbonyl (C=O) groups excluding carboxylic acids is 2. The van der Waals surface area contributed by atoms with Gasteiger partial charge >= 0.3 is 0 Å². The highest BCUT2D eigenvalue weighted by Gasteiger charge is 2.36. The number of benzene rings is 2. The highest BCUT2D eigenvalue weighted by Crippen LogP contribution is 2.36. The topological polar surface area (TPSA) is 105 Å². The lowest BCUT2D eigenvalue weighted by Gasteiger charge is -2.20. The standard InChI is InChI=1S/C23H29N3O6S/c1-5-25(6-2)33(29,30)19-10-7-17(8-11-19)24-23(28)16-13-22(27)26(15-16)20-14-18(31-3)9-12-21(20)32-4/h7-12,14,16H,5-6,13,15H2,1-4H3,(H,24,28)/t16-/m1/s1. The number of hydrogen-bond acceptors (Lipinski definition) is 6. The maximum Gasteiger partial charge on any atom is 0.243 e. The minimum absolute atomic E-state index is 0.0562. The molecule has 33 heavy (non-hydrogen) atoms. The maximum absolute atomic E-state index is 12.8. The molecule has 0 aromatic heterocycles. The first-order valence-corrected chi connectivity index (χ1v) is 12.1. The summed E-state index contributed by atoms with van der Waals surface area (Å²) in [5, 5.41) is 2.78. The summed E-state index contributed by atoms with van der Waals surface area (Å²) >= 11 is 0. The summed E-state index contributed by atoms with van der Waals surface area (Å²) in [6, 6.07) is 11.2. The molecule has 1 heterocycles. The van der Waals surface area contributed by atoms with E-state index in [1.807, 2.05) is 0 Å². The predicted molar refractivity (Wildman–Crippen MR) is 125 cm³/mol. The number of carbonyl (C=O) groups is 2. The van der Waals surface area contributed by atoms with Crippen LogP contribution < -0.4 is 19.7 Å². The summed E-state index contributed by atoms with van der Waals surface area (Å²) in [7, 11) is -0.525. The first kappa shape index (κ1) is 24.5. The van der Waals surface area contributed by atoms with Crippen molar-refractivity contribution in [2.75, 3.05) is 44.1 Å². The predicted octanol–water partition coefficient (Wildman–Crippen LogP) is 2.73. The molecule has 0 spiro atoms. The number of nitrogens with zero attached hydrogens (tertiary/aromatic N) is 2. The number of rotatable bonds is 9. The lowest BCUT2D eigenvalue weighted by molar-refractivity contribution is -0.122. The first-order chi connectivity index (χ1) is 15.7. The van der Waals surface area contributed by atoms with E-state index in [1.54, 1.807) is 44.2 Å². The lowest BCUT2D eigenvalue weighted by atomic mass is 10.1. The second-order valence-electron chi connectivity index (χ2n) is 7.55. The zero-order chi connectivity index (χ0) is 24.2. The van der Waals surface area contributed by atoms with E-state index in [2.05, 4.69) is 5.32 Å². The smallest absolute Gasteiger partial charge is 0.243 e. The molecule has 1 aliphatic heterocycles. The molecule has 2 amide bonds. The van der Waals surface area contributed by atoms with Crippen LogP contribution in [0.4, 0.5) is 11.4 Å². The van der Waals surface area contributed by atoms with Crippen LogP contribution in [0.1, 0.15) is 20.3 Å². The summed E-state index contributed by atoms with van der Waals surface area (Å²) in [5.41, 5.74) is 1.01. The molecule has 1 aliphatic rings. The molecular formula is C23H29N3O6S. The summed E-state index contributed by atoms with van der Waals surface area (Å²) in [6.45, 7) is 4.51. The number of sulfonamides is 1. The van der Waals surface area contributed by atoms with Gasteiger partial charge in [-0.05, 0) is 36.4 Å². The van der Waals surface area contributed by atoms with Gasteiger partial charge in [-0.3, -0.25) is 9.59 Å².